The molecule has 0 spiro atoms. The van der Waals surface area contributed by atoms with Gasteiger partial charge in [0, 0.05) is 29.7 Å². The zero-order chi connectivity index (χ0) is 29.2. The predicted molar refractivity (Wildman–Crippen MR) is 180 cm³/mol. The van der Waals surface area contributed by atoms with Crippen LogP contribution in [0.1, 0.15) is 64.0 Å². The second-order valence-corrected chi connectivity index (χ2v) is 18.6. The molecule has 46 heavy (non-hydrogen) atoms. The summed E-state index contributed by atoms with van der Waals surface area (Å²) in [6.07, 6.45) is 19.5. The molecule has 0 radical (unpaired) electrons. The van der Waals surface area contributed by atoms with Crippen LogP contribution in [-0.4, -0.2) is 32.6 Å². The van der Waals surface area contributed by atoms with Gasteiger partial charge in [-0.25, -0.2) is 0 Å². The molecule has 16 atom stereocenters. The van der Waals surface area contributed by atoms with E-state index in [4.69, 9.17) is 0 Å². The Labute approximate surface area is 270 Å². The van der Waals surface area contributed by atoms with Crippen LogP contribution in [0.2, 0.25) is 0 Å². The molecular weight excluding hydrogens is 556 g/mol. The van der Waals surface area contributed by atoms with Crippen LogP contribution in [0.25, 0.3) is 21.9 Å². The highest BCUT2D eigenvalue weighted by Crippen LogP contribution is 2.88. The van der Waals surface area contributed by atoms with E-state index in [0.717, 1.165) is 24.3 Å². The lowest BCUT2D eigenvalue weighted by atomic mass is 9.46. The fourth-order valence-electron chi connectivity index (χ4n) is 18.6. The van der Waals surface area contributed by atoms with E-state index in [9.17, 15) is 0 Å². The average molecular weight is 595 g/mol. The Balaban J connectivity index is 1.24. The summed E-state index contributed by atoms with van der Waals surface area (Å²) in [5.74, 6) is 9.58. The molecule has 0 amide bonds. The molecule has 224 valence electrons. The van der Waals surface area contributed by atoms with Gasteiger partial charge >= 0.3 is 0 Å². The van der Waals surface area contributed by atoms with Crippen LogP contribution < -0.4 is 5.32 Å². The van der Waals surface area contributed by atoms with Gasteiger partial charge in [-0.15, -0.1) is 0 Å². The molecule has 2 aromatic rings. The van der Waals surface area contributed by atoms with Crippen LogP contribution in [0.3, 0.4) is 0 Å². The molecule has 4 saturated carbocycles. The maximum absolute atomic E-state index is 3.97. The van der Waals surface area contributed by atoms with E-state index in [2.05, 4.69) is 79.9 Å². The molecule has 2 aromatic carbocycles. The van der Waals surface area contributed by atoms with Crippen molar-refractivity contribution in [1.29, 1.82) is 0 Å². The van der Waals surface area contributed by atoms with Crippen molar-refractivity contribution in [3.05, 3.63) is 104 Å². The zero-order valence-electron chi connectivity index (χ0n) is 26.8. The van der Waals surface area contributed by atoms with Crippen LogP contribution in [0.15, 0.2) is 70.9 Å². The van der Waals surface area contributed by atoms with Crippen molar-refractivity contribution in [2.75, 3.05) is 27.7 Å². The molecule has 0 heterocycles. The van der Waals surface area contributed by atoms with Gasteiger partial charge in [-0.2, -0.15) is 0 Å². The van der Waals surface area contributed by atoms with Gasteiger partial charge in [-0.05, 0) is 166 Å². The monoisotopic (exact) mass is 594 g/mol. The van der Waals surface area contributed by atoms with Crippen LogP contribution >= 0.6 is 0 Å². The summed E-state index contributed by atoms with van der Waals surface area (Å²) < 4.78 is 0. The molecule has 0 aromatic heterocycles. The topological polar surface area (TPSA) is 15.3 Å². The number of likely N-dealkylation sites (N-methyl/N-ethyl adjacent to an activating group) is 1. The highest BCUT2D eigenvalue weighted by molar-refractivity contribution is 6.21. The van der Waals surface area contributed by atoms with E-state index >= 15 is 0 Å². The first-order chi connectivity index (χ1) is 22.7. The minimum atomic E-state index is 0.0233. The molecule has 0 saturated heterocycles. The fraction of sp³-hybridized carbons (Fsp3) is 0.500. The van der Waals surface area contributed by atoms with Crippen molar-refractivity contribution in [1.82, 2.24) is 10.2 Å². The molecule has 4 fully saturated rings. The summed E-state index contributed by atoms with van der Waals surface area (Å²) in [7, 11) is 7.30. The third-order valence-corrected chi connectivity index (χ3v) is 18.5. The van der Waals surface area contributed by atoms with E-state index in [1.165, 1.54) is 12.8 Å². The molecule has 2 heteroatoms. The lowest BCUT2D eigenvalue weighted by molar-refractivity contribution is -0.0707. The smallest absolute Gasteiger partial charge is 0.0647 e. The zero-order valence-corrected chi connectivity index (χ0v) is 26.8. The summed E-state index contributed by atoms with van der Waals surface area (Å²) in [4.78, 5) is 2.83. The lowest BCUT2D eigenvalue weighted by Crippen LogP contribution is -2.66. The number of nitrogens with zero attached hydrogens (tertiary/aromatic N) is 1. The number of hydrogen-bond donors (Lipinski definition) is 1. The highest BCUT2D eigenvalue weighted by Gasteiger charge is 2.80. The molecule has 14 aliphatic rings. The van der Waals surface area contributed by atoms with Gasteiger partial charge in [0.15, 0.2) is 0 Å². The summed E-state index contributed by atoms with van der Waals surface area (Å²) in [6, 6.07) is 5.35. The van der Waals surface area contributed by atoms with Gasteiger partial charge in [0.1, 0.15) is 0 Å². The number of nitrogens with one attached hydrogen (secondary N) is 1. The number of hydrogen-bond acceptors (Lipinski definition) is 2. The van der Waals surface area contributed by atoms with Gasteiger partial charge < -0.3 is 5.32 Å². The molecular formula is C44H38N2. The fourth-order valence-corrected chi connectivity index (χ4v) is 18.6. The Kier molecular flexibility index (Phi) is 2.98. The minimum Gasteiger partial charge on any atom is -0.319 e. The quantitative estimate of drug-likeness (QED) is 0.376. The number of fused-ring (bicyclic) bond motifs is 5. The Morgan fingerprint density at radius 3 is 2.13 bits per heavy atom. The van der Waals surface area contributed by atoms with E-state index in [0.29, 0.717) is 65.1 Å². The first-order valence-corrected chi connectivity index (χ1v) is 18.9. The summed E-state index contributed by atoms with van der Waals surface area (Å²) in [5.41, 5.74) is 22.4. The van der Waals surface area contributed by atoms with E-state index in [1.807, 2.05) is 50.1 Å². The Morgan fingerprint density at radius 1 is 0.696 bits per heavy atom. The number of allylic oxidation sites excluding steroid dienone is 11. The SMILES string of the molecule is CNCC12C3=C4C5=C6C7C8C=CC9C%10C=CC%11c%12ccc%13c%14c(c4c4c(c%12%14)C%11C%10C(=C54)C97)C1(N(C)C)C%13CCC2C1C=CC8C6C31. The standard InChI is InChI=1S/C44H38N2/c1-45-14-43-23-12-13-24-22-11-9-20-18-7-5-16-15-4-6-17-19-8-10-21(23)31-29(19)34-27(17)25(15)33-26(16)28(18)35-30(20)32(22)42(44(24,43)46(2)3)40-38(35)36(33)37(34)39(40)41(31)43/h4-11,15-19,21,23-29,31,45H,12-14H2,1-3H3. The molecule has 1 N–H and O–H groups in total. The Hall–Kier alpha value is -2.94. The molecule has 0 bridgehead atoms. The summed E-state index contributed by atoms with van der Waals surface area (Å²) in [5, 5.41) is 7.48. The normalized spacial score (nSPS) is 53.8. The van der Waals surface area contributed by atoms with Crippen LogP contribution in [0.5, 0.6) is 0 Å². The third kappa shape index (κ3) is 1.57. The van der Waals surface area contributed by atoms with E-state index in [1.54, 1.807) is 27.5 Å². The lowest BCUT2D eigenvalue weighted by Gasteiger charge is -2.64. The van der Waals surface area contributed by atoms with Gasteiger partial charge in [-0.1, -0.05) is 59.7 Å². The molecule has 2 nitrogen and oxygen atoms in total. The average Bonchev–Trinajstić information content (AvgIpc) is 3.87. The minimum absolute atomic E-state index is 0.0233. The number of benzene rings is 2. The van der Waals surface area contributed by atoms with E-state index in [-0.39, 0.29) is 11.0 Å². The van der Waals surface area contributed by atoms with Crippen molar-refractivity contribution in [3.8, 4) is 0 Å². The highest BCUT2D eigenvalue weighted by atomic mass is 15.2. The predicted octanol–water partition coefficient (Wildman–Crippen LogP) is 7.27. The number of rotatable bonds is 3. The first kappa shape index (κ1) is 22.6. The largest absolute Gasteiger partial charge is 0.319 e. The van der Waals surface area contributed by atoms with Crippen LogP contribution in [0, 0.1) is 70.5 Å². The first-order valence-electron chi connectivity index (χ1n) is 18.9. The summed E-state index contributed by atoms with van der Waals surface area (Å²) in [6.45, 7) is 1.12. The van der Waals surface area contributed by atoms with Gasteiger partial charge in [0.25, 0.3) is 0 Å². The van der Waals surface area contributed by atoms with Gasteiger partial charge in [-0.3, -0.25) is 4.90 Å². The maximum Gasteiger partial charge on any atom is 0.0647 e. The summed E-state index contributed by atoms with van der Waals surface area (Å²) >= 11 is 0. The third-order valence-electron chi connectivity index (χ3n) is 18.5. The molecule has 14 aliphatic carbocycles. The Morgan fingerprint density at radius 2 is 1.37 bits per heavy atom. The van der Waals surface area contributed by atoms with Crippen molar-refractivity contribution in [3.63, 3.8) is 0 Å². The van der Waals surface area contributed by atoms with E-state index < -0.39 is 0 Å². The Bertz CT molecular complexity index is 2320. The van der Waals surface area contributed by atoms with Gasteiger partial charge in [0.05, 0.1) is 5.54 Å². The maximum atomic E-state index is 3.97. The second kappa shape index (κ2) is 6.07. The van der Waals surface area contributed by atoms with Crippen LogP contribution in [0.4, 0.5) is 0 Å². The molecule has 0 aliphatic heterocycles. The molecule has 16 rings (SSSR count). The van der Waals surface area contributed by atoms with Gasteiger partial charge in [0.2, 0.25) is 0 Å². The van der Waals surface area contributed by atoms with Crippen molar-refractivity contribution >= 4 is 21.9 Å². The van der Waals surface area contributed by atoms with Crippen molar-refractivity contribution < 1.29 is 0 Å². The van der Waals surface area contributed by atoms with Crippen molar-refractivity contribution in [2.24, 2.45) is 70.5 Å². The van der Waals surface area contributed by atoms with Crippen LogP contribution in [-0.2, 0) is 5.54 Å². The van der Waals surface area contributed by atoms with Crippen molar-refractivity contribution in [2.45, 2.75) is 36.1 Å². The second-order valence-electron chi connectivity index (χ2n) is 18.6. The molecule has 16 unspecified atom stereocenters.